The molecule has 4 amide bonds. The van der Waals surface area contributed by atoms with Gasteiger partial charge in [0, 0.05) is 55.5 Å². The number of nitrogens with one attached hydrogen (secondary N) is 2. The van der Waals surface area contributed by atoms with Gasteiger partial charge in [-0.05, 0) is 39.3 Å². The Bertz CT molecular complexity index is 1030. The zero-order valence-corrected chi connectivity index (χ0v) is 22.2. The van der Waals surface area contributed by atoms with E-state index in [1.54, 1.807) is 31.2 Å². The van der Waals surface area contributed by atoms with Crippen molar-refractivity contribution >= 4 is 29.6 Å². The van der Waals surface area contributed by atoms with E-state index in [9.17, 15) is 14.4 Å². The molecule has 2 aliphatic heterocycles. The van der Waals surface area contributed by atoms with Crippen LogP contribution >= 0.6 is 11.6 Å². The second-order valence-corrected chi connectivity index (χ2v) is 9.67. The first-order valence-corrected chi connectivity index (χ1v) is 12.7. The summed E-state index contributed by atoms with van der Waals surface area (Å²) in [5.41, 5.74) is 1.52. The lowest BCUT2D eigenvalue weighted by Gasteiger charge is -2.43. The van der Waals surface area contributed by atoms with E-state index < -0.39 is 12.0 Å². The smallest absolute Gasteiger partial charge is 0.338 e. The molecule has 0 aromatic heterocycles. The van der Waals surface area contributed by atoms with Crippen molar-refractivity contribution in [2.75, 3.05) is 39.3 Å². The molecule has 2 atom stereocenters. The Labute approximate surface area is 218 Å². The van der Waals surface area contributed by atoms with Crippen LogP contribution in [0, 0.1) is 0 Å². The summed E-state index contributed by atoms with van der Waals surface area (Å²) in [5, 5.41) is 6.32. The van der Waals surface area contributed by atoms with Crippen molar-refractivity contribution in [2.24, 2.45) is 0 Å². The van der Waals surface area contributed by atoms with Gasteiger partial charge in [-0.25, -0.2) is 14.4 Å². The minimum Gasteiger partial charge on any atom is -0.463 e. The Balaban J connectivity index is 1.98. The van der Waals surface area contributed by atoms with Crippen LogP contribution in [0.15, 0.2) is 48.2 Å². The van der Waals surface area contributed by atoms with Gasteiger partial charge in [-0.15, -0.1) is 6.58 Å². The fourth-order valence-electron chi connectivity index (χ4n) is 4.61. The van der Waals surface area contributed by atoms with E-state index in [0.29, 0.717) is 48.0 Å². The number of amides is 4. The molecule has 0 unspecified atom stereocenters. The Morgan fingerprint density at radius 2 is 2.03 bits per heavy atom. The number of halogens is 1. The highest BCUT2D eigenvalue weighted by molar-refractivity contribution is 6.31. The van der Waals surface area contributed by atoms with Gasteiger partial charge < -0.3 is 20.3 Å². The molecule has 1 fully saturated rings. The molecule has 0 radical (unpaired) electrons. The zero-order valence-electron chi connectivity index (χ0n) is 21.4. The van der Waals surface area contributed by atoms with Gasteiger partial charge in [0.05, 0.1) is 18.2 Å². The fourth-order valence-corrected chi connectivity index (χ4v) is 4.85. The Morgan fingerprint density at radius 1 is 1.31 bits per heavy atom. The van der Waals surface area contributed by atoms with Gasteiger partial charge in [-0.1, -0.05) is 35.9 Å². The molecule has 0 aliphatic carbocycles. The number of piperazine rings is 1. The Kier molecular flexibility index (Phi) is 9.39. The van der Waals surface area contributed by atoms with Crippen LogP contribution in [-0.4, -0.2) is 84.1 Å². The number of carbonyl (C=O) groups excluding carboxylic acids is 3. The van der Waals surface area contributed by atoms with E-state index in [1.807, 2.05) is 31.7 Å². The van der Waals surface area contributed by atoms with Crippen molar-refractivity contribution < 1.29 is 19.1 Å². The third kappa shape index (κ3) is 6.20. The summed E-state index contributed by atoms with van der Waals surface area (Å²) in [6.45, 7) is 13.9. The number of hydrogen-bond acceptors (Lipinski definition) is 5. The summed E-state index contributed by atoms with van der Waals surface area (Å²) in [5.74, 6) is -0.505. The van der Waals surface area contributed by atoms with E-state index in [0.717, 1.165) is 0 Å². The molecule has 2 N–H and O–H groups in total. The summed E-state index contributed by atoms with van der Waals surface area (Å²) < 4.78 is 5.44. The van der Waals surface area contributed by atoms with Gasteiger partial charge in [-0.3, -0.25) is 9.80 Å². The standard InChI is InChI=1S/C26H36ClN5O4/c1-6-12-32-21(16-30-13-14-31(18(5)15-30)25(34)28-17(3)4)22(24(33)36-7-2)23(29-26(32)35)19-10-8-9-11-20(19)27/h6,8-11,17-18,23H,1,7,12-16H2,2-5H3,(H,28,34)(H,29,35)/t18-,23-/m0/s1. The monoisotopic (exact) mass is 517 g/mol. The summed E-state index contributed by atoms with van der Waals surface area (Å²) in [6.07, 6.45) is 1.62. The van der Waals surface area contributed by atoms with Gasteiger partial charge in [0.2, 0.25) is 0 Å². The van der Waals surface area contributed by atoms with Crippen LogP contribution < -0.4 is 10.6 Å². The molecule has 0 spiro atoms. The molecule has 0 saturated carbocycles. The van der Waals surface area contributed by atoms with E-state index in [2.05, 4.69) is 22.1 Å². The second kappa shape index (κ2) is 12.3. The first-order valence-electron chi connectivity index (χ1n) is 12.3. The third-order valence-corrected chi connectivity index (χ3v) is 6.56. The van der Waals surface area contributed by atoms with Gasteiger partial charge in [0.15, 0.2) is 0 Å². The normalized spacial score (nSPS) is 20.9. The molecule has 3 rings (SSSR count). The largest absolute Gasteiger partial charge is 0.463 e. The van der Waals surface area contributed by atoms with Crippen LogP contribution in [0.5, 0.6) is 0 Å². The Hall–Kier alpha value is -3.04. The predicted molar refractivity (Wildman–Crippen MR) is 140 cm³/mol. The first kappa shape index (κ1) is 27.5. The van der Waals surface area contributed by atoms with Crippen LogP contribution in [0.1, 0.15) is 39.3 Å². The van der Waals surface area contributed by atoms with Gasteiger partial charge in [0.25, 0.3) is 0 Å². The number of hydrogen-bond donors (Lipinski definition) is 2. The van der Waals surface area contributed by atoms with E-state index >= 15 is 0 Å². The summed E-state index contributed by atoms with van der Waals surface area (Å²) in [6, 6.07) is 5.95. The van der Waals surface area contributed by atoms with Crippen LogP contribution in [-0.2, 0) is 9.53 Å². The maximum atomic E-state index is 13.3. The fraction of sp³-hybridized carbons (Fsp3) is 0.500. The molecule has 36 heavy (non-hydrogen) atoms. The highest BCUT2D eigenvalue weighted by Crippen LogP contribution is 2.35. The topological polar surface area (TPSA) is 94.2 Å². The number of carbonyl (C=O) groups is 3. The molecule has 1 aromatic carbocycles. The summed E-state index contributed by atoms with van der Waals surface area (Å²) >= 11 is 6.48. The van der Waals surface area contributed by atoms with E-state index in [1.165, 1.54) is 4.90 Å². The third-order valence-electron chi connectivity index (χ3n) is 6.22. The molecule has 196 valence electrons. The molecular formula is C26H36ClN5O4. The quantitative estimate of drug-likeness (QED) is 0.406. The first-order chi connectivity index (χ1) is 17.2. The molecule has 2 heterocycles. The van der Waals surface area contributed by atoms with Crippen molar-refractivity contribution in [2.45, 2.75) is 45.8 Å². The minimum atomic E-state index is -0.753. The summed E-state index contributed by atoms with van der Waals surface area (Å²) in [7, 11) is 0. The van der Waals surface area contributed by atoms with Gasteiger partial charge in [0.1, 0.15) is 0 Å². The van der Waals surface area contributed by atoms with Gasteiger partial charge >= 0.3 is 18.0 Å². The second-order valence-electron chi connectivity index (χ2n) is 9.27. The lowest BCUT2D eigenvalue weighted by molar-refractivity contribution is -0.139. The Morgan fingerprint density at radius 3 is 2.64 bits per heavy atom. The van der Waals surface area contributed by atoms with Crippen molar-refractivity contribution in [1.82, 2.24) is 25.3 Å². The van der Waals surface area contributed by atoms with E-state index in [4.69, 9.17) is 16.3 Å². The zero-order chi connectivity index (χ0) is 26.4. The maximum absolute atomic E-state index is 13.3. The van der Waals surface area contributed by atoms with Crippen molar-refractivity contribution in [3.8, 4) is 0 Å². The van der Waals surface area contributed by atoms with Crippen LogP contribution in [0.3, 0.4) is 0 Å². The molecule has 2 aliphatic rings. The molecule has 1 aromatic rings. The van der Waals surface area contributed by atoms with Crippen LogP contribution in [0.4, 0.5) is 9.59 Å². The number of ether oxygens (including phenoxy) is 1. The van der Waals surface area contributed by atoms with Gasteiger partial charge in [-0.2, -0.15) is 0 Å². The number of nitrogens with zero attached hydrogens (tertiary/aromatic N) is 3. The number of rotatable bonds is 8. The van der Waals surface area contributed by atoms with Crippen molar-refractivity contribution in [3.05, 3.63) is 58.8 Å². The lowest BCUT2D eigenvalue weighted by atomic mass is 9.94. The molecule has 10 heteroatoms. The maximum Gasteiger partial charge on any atom is 0.338 e. The number of urea groups is 2. The number of esters is 1. The highest BCUT2D eigenvalue weighted by Gasteiger charge is 2.40. The molecular weight excluding hydrogens is 482 g/mol. The van der Waals surface area contributed by atoms with Crippen LogP contribution in [0.25, 0.3) is 0 Å². The number of benzene rings is 1. The average molecular weight is 518 g/mol. The van der Waals surface area contributed by atoms with Crippen molar-refractivity contribution in [3.63, 3.8) is 0 Å². The SMILES string of the molecule is C=CCN1C(=O)N[C@@H](c2ccccc2Cl)C(C(=O)OCC)=C1CN1CCN(C(=O)NC(C)C)[C@@H](C)C1. The molecule has 1 saturated heterocycles. The lowest BCUT2D eigenvalue weighted by Crippen LogP contribution is -2.58. The highest BCUT2D eigenvalue weighted by atomic mass is 35.5. The van der Waals surface area contributed by atoms with Crippen molar-refractivity contribution in [1.29, 1.82) is 0 Å². The van der Waals surface area contributed by atoms with Crippen LogP contribution in [0.2, 0.25) is 5.02 Å². The molecule has 9 nitrogen and oxygen atoms in total. The minimum absolute atomic E-state index is 0.0474. The molecule has 0 bridgehead atoms. The average Bonchev–Trinajstić information content (AvgIpc) is 2.81. The predicted octanol–water partition coefficient (Wildman–Crippen LogP) is 3.53. The van der Waals surface area contributed by atoms with E-state index in [-0.39, 0.29) is 37.3 Å². The summed E-state index contributed by atoms with van der Waals surface area (Å²) in [4.78, 5) is 44.6.